The van der Waals surface area contributed by atoms with Crippen molar-refractivity contribution in [3.63, 3.8) is 0 Å². The van der Waals surface area contributed by atoms with E-state index in [0.717, 1.165) is 22.3 Å². The van der Waals surface area contributed by atoms with Crippen molar-refractivity contribution in [1.82, 2.24) is 9.97 Å². The van der Waals surface area contributed by atoms with Crippen molar-refractivity contribution in [3.8, 4) is 11.1 Å². The number of aryl methyl sites for hydroxylation is 1. The number of aromatic amines is 1. The van der Waals surface area contributed by atoms with E-state index in [2.05, 4.69) is 9.97 Å². The van der Waals surface area contributed by atoms with Crippen LogP contribution in [0.15, 0.2) is 48.1 Å². The van der Waals surface area contributed by atoms with Gasteiger partial charge in [0.15, 0.2) is 11.6 Å². The Morgan fingerprint density at radius 2 is 1.96 bits per heavy atom. The number of imidazole rings is 1. The molecular weight excluding hydrogens is 378 g/mol. The maximum Gasteiger partial charge on any atom is 0.167 e. The summed E-state index contributed by atoms with van der Waals surface area (Å²) < 4.78 is 30.1. The van der Waals surface area contributed by atoms with Crippen LogP contribution < -0.4 is 11.5 Å². The Kier molecular flexibility index (Phi) is 4.74. The predicted molar refractivity (Wildman–Crippen MR) is 109 cm³/mol. The molecule has 28 heavy (non-hydrogen) atoms. The van der Waals surface area contributed by atoms with Crippen LogP contribution in [0, 0.1) is 11.6 Å². The second kappa shape index (κ2) is 7.09. The number of aromatic nitrogens is 2. The lowest BCUT2D eigenvalue weighted by atomic mass is 9.82. The van der Waals surface area contributed by atoms with Crippen LogP contribution in [0.1, 0.15) is 22.9 Å². The van der Waals surface area contributed by atoms with Crippen LogP contribution in [0.2, 0.25) is 0 Å². The quantitative estimate of drug-likeness (QED) is 0.469. The molecule has 0 bridgehead atoms. The van der Waals surface area contributed by atoms with Crippen molar-refractivity contribution >= 4 is 22.4 Å². The smallest absolute Gasteiger partial charge is 0.167 e. The first-order valence-corrected chi connectivity index (χ1v) is 9.84. The molecule has 0 aliphatic carbocycles. The lowest BCUT2D eigenvalue weighted by molar-refractivity contribution is 0.458. The van der Waals surface area contributed by atoms with E-state index in [1.54, 1.807) is 30.6 Å². The van der Waals surface area contributed by atoms with Crippen molar-refractivity contribution in [1.29, 1.82) is 0 Å². The highest BCUT2D eigenvalue weighted by Crippen LogP contribution is 2.35. The maximum absolute atomic E-state index is 15.1. The fraction of sp³-hybridized carbons (Fsp3) is 0.190. The molecule has 0 fully saturated rings. The number of hydrogen-bond acceptors (Lipinski definition) is 4. The average Bonchev–Trinajstić information content (AvgIpc) is 3.38. The third kappa shape index (κ3) is 2.92. The van der Waals surface area contributed by atoms with Gasteiger partial charge in [-0.15, -0.1) is 11.3 Å². The number of benzene rings is 2. The number of rotatable bonds is 5. The highest BCUT2D eigenvalue weighted by atomic mass is 32.1. The second-order valence-electron chi connectivity index (χ2n) is 6.75. The highest BCUT2D eigenvalue weighted by Gasteiger charge is 2.33. The lowest BCUT2D eigenvalue weighted by Crippen LogP contribution is -2.46. The summed E-state index contributed by atoms with van der Waals surface area (Å²) in [6.07, 6.45) is 2.41. The number of hydrogen-bond donors (Lipinski definition) is 3. The number of nitrogens with one attached hydrogen (secondary N) is 1. The predicted octanol–water partition coefficient (Wildman–Crippen LogP) is 4.29. The van der Waals surface area contributed by atoms with Gasteiger partial charge in [-0.1, -0.05) is 25.1 Å². The topological polar surface area (TPSA) is 80.7 Å². The number of nitrogens with two attached hydrogens (primary N) is 2. The van der Waals surface area contributed by atoms with Gasteiger partial charge in [0.25, 0.3) is 0 Å². The zero-order valence-corrected chi connectivity index (χ0v) is 16.1. The van der Waals surface area contributed by atoms with Gasteiger partial charge in [0.2, 0.25) is 0 Å². The monoisotopic (exact) mass is 398 g/mol. The standard InChI is InChI=1S/C21H20F2N4S/c1-2-14-7-12(9-28-14)15-4-5-16(20(23)19(15)22)21(25,10-24)13-3-6-17-18(8-13)27-11-26-17/h3-9,11H,2,10,24-25H2,1H3,(H,26,27). The fourth-order valence-electron chi connectivity index (χ4n) is 3.42. The molecular formula is C21H20F2N4S. The van der Waals surface area contributed by atoms with Crippen LogP contribution >= 0.6 is 11.3 Å². The Hall–Kier alpha value is -2.61. The van der Waals surface area contributed by atoms with Crippen LogP contribution in [0.25, 0.3) is 22.2 Å². The van der Waals surface area contributed by atoms with E-state index in [1.807, 2.05) is 18.4 Å². The Bertz CT molecular complexity index is 1150. The average molecular weight is 398 g/mol. The summed E-state index contributed by atoms with van der Waals surface area (Å²) >= 11 is 1.53. The first kappa shape index (κ1) is 18.7. The Morgan fingerprint density at radius 1 is 1.14 bits per heavy atom. The number of nitrogens with zero attached hydrogens (tertiary/aromatic N) is 1. The summed E-state index contributed by atoms with van der Waals surface area (Å²) in [4.78, 5) is 8.28. The molecule has 1 unspecified atom stereocenters. The molecule has 7 heteroatoms. The highest BCUT2D eigenvalue weighted by molar-refractivity contribution is 7.10. The molecule has 2 aromatic heterocycles. The van der Waals surface area contributed by atoms with Crippen molar-refractivity contribution in [2.45, 2.75) is 18.9 Å². The molecule has 4 nitrogen and oxygen atoms in total. The third-order valence-corrected chi connectivity index (χ3v) is 6.21. The molecule has 0 aliphatic heterocycles. The molecule has 1 atom stereocenters. The summed E-state index contributed by atoms with van der Waals surface area (Å²) in [5, 5.41) is 1.83. The van der Waals surface area contributed by atoms with E-state index in [9.17, 15) is 4.39 Å². The summed E-state index contributed by atoms with van der Waals surface area (Å²) in [6, 6.07) is 10.3. The van der Waals surface area contributed by atoms with Gasteiger partial charge in [-0.3, -0.25) is 0 Å². The number of H-pyrrole nitrogens is 1. The summed E-state index contributed by atoms with van der Waals surface area (Å²) in [7, 11) is 0. The van der Waals surface area contributed by atoms with Gasteiger partial charge < -0.3 is 16.5 Å². The normalized spacial score (nSPS) is 13.8. The molecule has 0 amide bonds. The molecule has 0 saturated heterocycles. The Morgan fingerprint density at radius 3 is 2.68 bits per heavy atom. The van der Waals surface area contributed by atoms with Crippen LogP contribution in [0.3, 0.4) is 0 Å². The third-order valence-electron chi connectivity index (χ3n) is 5.13. The largest absolute Gasteiger partial charge is 0.345 e. The molecule has 0 spiro atoms. The summed E-state index contributed by atoms with van der Waals surface area (Å²) in [6.45, 7) is 1.94. The Labute approximate surface area is 165 Å². The van der Waals surface area contributed by atoms with Crippen LogP contribution in [0.5, 0.6) is 0 Å². The van der Waals surface area contributed by atoms with E-state index in [1.165, 1.54) is 17.4 Å². The van der Waals surface area contributed by atoms with Crippen LogP contribution in [-0.4, -0.2) is 16.5 Å². The maximum atomic E-state index is 15.1. The van der Waals surface area contributed by atoms with Crippen LogP contribution in [-0.2, 0) is 12.0 Å². The molecule has 5 N–H and O–H groups in total. The van der Waals surface area contributed by atoms with Gasteiger partial charge in [-0.05, 0) is 41.1 Å². The first-order valence-electron chi connectivity index (χ1n) is 8.96. The molecule has 144 valence electrons. The van der Waals surface area contributed by atoms with Gasteiger partial charge in [0.1, 0.15) is 0 Å². The van der Waals surface area contributed by atoms with Crippen LogP contribution in [0.4, 0.5) is 8.78 Å². The molecule has 0 aliphatic rings. The first-order chi connectivity index (χ1) is 13.5. The summed E-state index contributed by atoms with van der Waals surface area (Å²) in [5.74, 6) is -1.89. The van der Waals surface area contributed by atoms with E-state index >= 15 is 4.39 Å². The lowest BCUT2D eigenvalue weighted by Gasteiger charge is -2.30. The van der Waals surface area contributed by atoms with Crippen molar-refractivity contribution in [3.05, 3.63) is 75.7 Å². The second-order valence-corrected chi connectivity index (χ2v) is 7.75. The van der Waals surface area contributed by atoms with Gasteiger partial charge in [-0.25, -0.2) is 13.8 Å². The Balaban J connectivity index is 1.82. The van der Waals surface area contributed by atoms with Gasteiger partial charge in [0, 0.05) is 22.5 Å². The van der Waals surface area contributed by atoms with Crippen molar-refractivity contribution in [2.24, 2.45) is 11.5 Å². The number of thiophene rings is 1. The zero-order valence-electron chi connectivity index (χ0n) is 15.3. The van der Waals surface area contributed by atoms with Crippen molar-refractivity contribution < 1.29 is 8.78 Å². The minimum absolute atomic E-state index is 0.0288. The minimum atomic E-state index is -1.37. The molecule has 0 saturated carbocycles. The minimum Gasteiger partial charge on any atom is -0.345 e. The van der Waals surface area contributed by atoms with Crippen molar-refractivity contribution in [2.75, 3.05) is 6.54 Å². The molecule has 2 heterocycles. The zero-order chi connectivity index (χ0) is 19.9. The number of halogens is 2. The van der Waals surface area contributed by atoms with E-state index in [0.29, 0.717) is 11.1 Å². The van der Waals surface area contributed by atoms with E-state index in [4.69, 9.17) is 11.5 Å². The fourth-order valence-corrected chi connectivity index (χ4v) is 4.26. The van der Waals surface area contributed by atoms with E-state index in [-0.39, 0.29) is 17.7 Å². The van der Waals surface area contributed by atoms with E-state index < -0.39 is 17.2 Å². The number of fused-ring (bicyclic) bond motifs is 1. The summed E-state index contributed by atoms with van der Waals surface area (Å²) in [5.41, 5.74) is 14.1. The SMILES string of the molecule is CCc1cc(-c2ccc(C(N)(CN)c3ccc4nc[nH]c4c3)c(F)c2F)cs1. The van der Waals surface area contributed by atoms with Gasteiger partial charge >= 0.3 is 0 Å². The molecule has 4 rings (SSSR count). The van der Waals surface area contributed by atoms with Gasteiger partial charge in [0.05, 0.1) is 22.9 Å². The van der Waals surface area contributed by atoms with Gasteiger partial charge in [-0.2, -0.15) is 0 Å². The molecule has 2 aromatic carbocycles. The molecule has 0 radical (unpaired) electrons. The molecule has 4 aromatic rings.